The highest BCUT2D eigenvalue weighted by molar-refractivity contribution is 14.1. The molecule has 84 valence electrons. The van der Waals surface area contributed by atoms with Gasteiger partial charge in [-0.2, -0.15) is 5.10 Å². The van der Waals surface area contributed by atoms with Crippen LogP contribution in [0.15, 0.2) is 0 Å². The van der Waals surface area contributed by atoms with Crippen LogP contribution < -0.4 is 5.73 Å². The normalized spacial score (nSPS) is 18.9. The Labute approximate surface area is 105 Å². The van der Waals surface area contributed by atoms with Crippen LogP contribution in [0.3, 0.4) is 0 Å². The molecule has 1 saturated carbocycles. The maximum Gasteiger partial charge on any atom is 0.135 e. The maximum atomic E-state index is 6.03. The molecular formula is C11H18IN3. The first-order chi connectivity index (χ1) is 7.09. The Kier molecular flexibility index (Phi) is 3.23. The van der Waals surface area contributed by atoms with Gasteiger partial charge in [0.15, 0.2) is 0 Å². The lowest BCUT2D eigenvalue weighted by Gasteiger charge is -2.28. The number of aromatic nitrogens is 2. The topological polar surface area (TPSA) is 43.8 Å². The molecule has 1 aromatic heterocycles. The lowest BCUT2D eigenvalue weighted by Crippen LogP contribution is -2.18. The minimum absolute atomic E-state index is 0.442. The summed E-state index contributed by atoms with van der Waals surface area (Å²) in [5, 5.41) is 4.51. The highest BCUT2D eigenvalue weighted by Gasteiger charge is 2.22. The number of nitrogens with zero attached hydrogens (tertiary/aromatic N) is 2. The first-order valence-corrected chi connectivity index (χ1v) is 6.67. The van der Waals surface area contributed by atoms with Crippen LogP contribution in [0.2, 0.25) is 0 Å². The number of anilines is 1. The molecule has 1 unspecified atom stereocenters. The molecule has 0 aliphatic heterocycles. The maximum absolute atomic E-state index is 6.03. The molecule has 1 aliphatic carbocycles. The van der Waals surface area contributed by atoms with Gasteiger partial charge in [0.1, 0.15) is 5.82 Å². The Morgan fingerprint density at radius 2 is 2.27 bits per heavy atom. The van der Waals surface area contributed by atoms with E-state index in [0.29, 0.717) is 6.04 Å². The summed E-state index contributed by atoms with van der Waals surface area (Å²) in [6, 6.07) is 0.442. The molecule has 0 aromatic carbocycles. The van der Waals surface area contributed by atoms with Crippen molar-refractivity contribution >= 4 is 28.4 Å². The molecule has 0 amide bonds. The lowest BCUT2D eigenvalue weighted by molar-refractivity contribution is 0.251. The number of rotatable bonds is 3. The van der Waals surface area contributed by atoms with Gasteiger partial charge in [0, 0.05) is 0 Å². The Morgan fingerprint density at radius 1 is 1.60 bits per heavy atom. The van der Waals surface area contributed by atoms with E-state index in [9.17, 15) is 0 Å². The fraction of sp³-hybridized carbons (Fsp3) is 0.727. The number of hydrogen-bond donors (Lipinski definition) is 1. The average Bonchev–Trinajstić information content (AvgIpc) is 2.39. The summed E-state index contributed by atoms with van der Waals surface area (Å²) in [5.74, 6) is 1.74. The molecule has 0 saturated heterocycles. The fourth-order valence-corrected chi connectivity index (χ4v) is 2.55. The molecule has 1 aliphatic rings. The number of nitrogens with two attached hydrogens (primary N) is 1. The van der Waals surface area contributed by atoms with Gasteiger partial charge in [-0.15, -0.1) is 0 Å². The van der Waals surface area contributed by atoms with Crippen molar-refractivity contribution in [2.45, 2.75) is 45.6 Å². The summed E-state index contributed by atoms with van der Waals surface area (Å²) < 4.78 is 3.10. The van der Waals surface area contributed by atoms with E-state index >= 15 is 0 Å². The monoisotopic (exact) mass is 319 g/mol. The predicted molar refractivity (Wildman–Crippen MR) is 70.8 cm³/mol. The van der Waals surface area contributed by atoms with Crippen LogP contribution in [0.1, 0.15) is 44.3 Å². The predicted octanol–water partition coefficient (Wildman–Crippen LogP) is 3.13. The van der Waals surface area contributed by atoms with Crippen LogP contribution in [-0.2, 0) is 0 Å². The average molecular weight is 319 g/mol. The Bertz CT molecular complexity index is 355. The standard InChI is InChI=1S/C11H18IN3/c1-7(6-9-4-3-5-9)15-11(13)10(12)8(2)14-15/h7,9H,3-6,13H2,1-2H3. The van der Waals surface area contributed by atoms with Crippen molar-refractivity contribution in [3.63, 3.8) is 0 Å². The molecular weight excluding hydrogens is 301 g/mol. The zero-order valence-electron chi connectivity index (χ0n) is 9.33. The molecule has 0 spiro atoms. The van der Waals surface area contributed by atoms with Crippen molar-refractivity contribution in [1.82, 2.24) is 9.78 Å². The molecule has 4 heteroatoms. The van der Waals surface area contributed by atoms with E-state index in [-0.39, 0.29) is 0 Å². The second-order valence-electron chi connectivity index (χ2n) is 4.61. The van der Waals surface area contributed by atoms with Crippen LogP contribution in [0.25, 0.3) is 0 Å². The van der Waals surface area contributed by atoms with E-state index in [1.54, 1.807) is 0 Å². The van der Waals surface area contributed by atoms with Gasteiger partial charge >= 0.3 is 0 Å². The largest absolute Gasteiger partial charge is 0.383 e. The smallest absolute Gasteiger partial charge is 0.135 e. The molecule has 0 bridgehead atoms. The Morgan fingerprint density at radius 3 is 2.67 bits per heavy atom. The number of aryl methyl sites for hydroxylation is 1. The summed E-state index contributed by atoms with van der Waals surface area (Å²) >= 11 is 2.27. The van der Waals surface area contributed by atoms with E-state index < -0.39 is 0 Å². The number of nitrogen functional groups attached to an aromatic ring is 1. The van der Waals surface area contributed by atoms with Crippen molar-refractivity contribution in [2.75, 3.05) is 5.73 Å². The van der Waals surface area contributed by atoms with Gasteiger partial charge in [0.2, 0.25) is 0 Å². The lowest BCUT2D eigenvalue weighted by atomic mass is 9.81. The van der Waals surface area contributed by atoms with Crippen molar-refractivity contribution in [1.29, 1.82) is 0 Å². The molecule has 15 heavy (non-hydrogen) atoms. The highest BCUT2D eigenvalue weighted by Crippen LogP contribution is 2.34. The Balaban J connectivity index is 2.10. The second kappa shape index (κ2) is 4.31. The second-order valence-corrected chi connectivity index (χ2v) is 5.69. The van der Waals surface area contributed by atoms with E-state index in [1.165, 1.54) is 25.7 Å². The molecule has 1 atom stereocenters. The third-order valence-electron chi connectivity index (χ3n) is 3.36. The van der Waals surface area contributed by atoms with Gasteiger partial charge < -0.3 is 5.73 Å². The molecule has 2 N–H and O–H groups in total. The third-order valence-corrected chi connectivity index (χ3v) is 4.70. The first kappa shape index (κ1) is 11.2. The van der Waals surface area contributed by atoms with Gasteiger partial charge in [0.25, 0.3) is 0 Å². The molecule has 2 rings (SSSR count). The van der Waals surface area contributed by atoms with Crippen LogP contribution >= 0.6 is 22.6 Å². The van der Waals surface area contributed by atoms with E-state index in [2.05, 4.69) is 34.6 Å². The minimum Gasteiger partial charge on any atom is -0.383 e. The van der Waals surface area contributed by atoms with Gasteiger partial charge in [0.05, 0.1) is 15.3 Å². The van der Waals surface area contributed by atoms with Crippen LogP contribution in [-0.4, -0.2) is 9.78 Å². The third kappa shape index (κ3) is 2.14. The summed E-state index contributed by atoms with van der Waals surface area (Å²) in [6.45, 7) is 4.24. The van der Waals surface area contributed by atoms with E-state index in [4.69, 9.17) is 5.73 Å². The molecule has 1 heterocycles. The van der Waals surface area contributed by atoms with Gasteiger partial charge in [-0.3, -0.25) is 0 Å². The highest BCUT2D eigenvalue weighted by atomic mass is 127. The summed E-state index contributed by atoms with van der Waals surface area (Å²) in [5.41, 5.74) is 7.08. The zero-order chi connectivity index (χ0) is 11.0. The summed E-state index contributed by atoms with van der Waals surface area (Å²) in [4.78, 5) is 0. The quantitative estimate of drug-likeness (QED) is 0.870. The van der Waals surface area contributed by atoms with Crippen LogP contribution in [0.5, 0.6) is 0 Å². The van der Waals surface area contributed by atoms with Crippen LogP contribution in [0.4, 0.5) is 5.82 Å². The van der Waals surface area contributed by atoms with Crippen molar-refractivity contribution < 1.29 is 0 Å². The van der Waals surface area contributed by atoms with E-state index in [0.717, 1.165) is 21.0 Å². The van der Waals surface area contributed by atoms with Gasteiger partial charge in [-0.25, -0.2) is 4.68 Å². The zero-order valence-corrected chi connectivity index (χ0v) is 11.5. The minimum atomic E-state index is 0.442. The summed E-state index contributed by atoms with van der Waals surface area (Å²) in [6.07, 6.45) is 5.41. The summed E-state index contributed by atoms with van der Waals surface area (Å²) in [7, 11) is 0. The first-order valence-electron chi connectivity index (χ1n) is 5.59. The number of hydrogen-bond acceptors (Lipinski definition) is 2. The molecule has 1 fully saturated rings. The van der Waals surface area contributed by atoms with Crippen molar-refractivity contribution in [2.24, 2.45) is 5.92 Å². The van der Waals surface area contributed by atoms with Crippen molar-refractivity contribution in [3.05, 3.63) is 9.26 Å². The van der Waals surface area contributed by atoms with Crippen LogP contribution in [0, 0.1) is 16.4 Å². The van der Waals surface area contributed by atoms with Gasteiger partial charge in [-0.05, 0) is 48.8 Å². The molecule has 1 aromatic rings. The van der Waals surface area contributed by atoms with Crippen molar-refractivity contribution in [3.8, 4) is 0 Å². The Hall–Kier alpha value is -0.260. The SMILES string of the molecule is Cc1nn(C(C)CC2CCC2)c(N)c1I. The van der Waals surface area contributed by atoms with E-state index in [1.807, 2.05) is 11.6 Å². The molecule has 3 nitrogen and oxygen atoms in total. The number of halogens is 1. The van der Waals surface area contributed by atoms with Gasteiger partial charge in [-0.1, -0.05) is 19.3 Å². The molecule has 0 radical (unpaired) electrons. The fourth-order valence-electron chi connectivity index (χ4n) is 2.19.